The van der Waals surface area contributed by atoms with Crippen LogP contribution < -0.4 is 25.7 Å². The van der Waals surface area contributed by atoms with E-state index in [1.807, 2.05) is 18.4 Å². The molecule has 3 N–H and O–H groups in total. The third-order valence-electron chi connectivity index (χ3n) is 3.67. The Kier molecular flexibility index (Phi) is 4.62. The van der Waals surface area contributed by atoms with Gasteiger partial charge in [-0.1, -0.05) is 0 Å². The van der Waals surface area contributed by atoms with Gasteiger partial charge in [0.2, 0.25) is 0 Å². The SMILES string of the molecule is COc1cc(NC(=O)Nc2c(=O)[nH]c(C)c3ccsc23)cc(OC)c1. The van der Waals surface area contributed by atoms with Crippen LogP contribution in [0.3, 0.4) is 0 Å². The number of hydrogen-bond acceptors (Lipinski definition) is 5. The highest BCUT2D eigenvalue weighted by atomic mass is 32.1. The number of aromatic nitrogens is 1. The molecule has 3 aromatic rings. The molecule has 3 rings (SSSR count). The van der Waals surface area contributed by atoms with Gasteiger partial charge < -0.3 is 25.1 Å². The number of fused-ring (bicyclic) bond motifs is 1. The van der Waals surface area contributed by atoms with Crippen LogP contribution in [0, 0.1) is 6.92 Å². The van der Waals surface area contributed by atoms with Crippen LogP contribution in [0.4, 0.5) is 16.2 Å². The van der Waals surface area contributed by atoms with E-state index < -0.39 is 6.03 Å². The van der Waals surface area contributed by atoms with E-state index in [0.717, 1.165) is 15.8 Å². The van der Waals surface area contributed by atoms with Crippen LogP contribution in [0.15, 0.2) is 34.4 Å². The summed E-state index contributed by atoms with van der Waals surface area (Å²) in [5.74, 6) is 1.09. The molecule has 0 spiro atoms. The average molecular weight is 359 g/mol. The third-order valence-corrected chi connectivity index (χ3v) is 4.60. The Morgan fingerprint density at radius 3 is 2.44 bits per heavy atom. The van der Waals surface area contributed by atoms with E-state index in [4.69, 9.17) is 9.47 Å². The summed E-state index contributed by atoms with van der Waals surface area (Å²) in [6, 6.07) is 6.38. The van der Waals surface area contributed by atoms with Crippen molar-refractivity contribution in [3.05, 3.63) is 45.7 Å². The lowest BCUT2D eigenvalue weighted by Crippen LogP contribution is -2.24. The molecule has 0 atom stereocenters. The zero-order chi connectivity index (χ0) is 18.0. The van der Waals surface area contributed by atoms with Crippen LogP contribution in [-0.4, -0.2) is 25.2 Å². The summed E-state index contributed by atoms with van der Waals surface area (Å²) >= 11 is 1.40. The molecule has 7 nitrogen and oxygen atoms in total. The monoisotopic (exact) mass is 359 g/mol. The number of H-pyrrole nitrogens is 1. The molecule has 0 aliphatic rings. The molecule has 130 valence electrons. The van der Waals surface area contributed by atoms with Gasteiger partial charge >= 0.3 is 6.03 Å². The lowest BCUT2D eigenvalue weighted by Gasteiger charge is -2.11. The first-order valence-corrected chi connectivity index (χ1v) is 8.31. The number of amides is 2. The Hall–Kier alpha value is -3.00. The van der Waals surface area contributed by atoms with E-state index in [9.17, 15) is 9.59 Å². The molecule has 8 heteroatoms. The van der Waals surface area contributed by atoms with Gasteiger partial charge in [-0.05, 0) is 18.4 Å². The number of aryl methyl sites for hydroxylation is 1. The zero-order valence-electron chi connectivity index (χ0n) is 13.9. The van der Waals surface area contributed by atoms with Crippen molar-refractivity contribution in [2.24, 2.45) is 0 Å². The Bertz CT molecular complexity index is 971. The number of urea groups is 1. The molecule has 0 radical (unpaired) electrons. The highest BCUT2D eigenvalue weighted by Crippen LogP contribution is 2.28. The van der Waals surface area contributed by atoms with E-state index in [-0.39, 0.29) is 11.2 Å². The van der Waals surface area contributed by atoms with Gasteiger partial charge in [-0.15, -0.1) is 11.3 Å². The van der Waals surface area contributed by atoms with Gasteiger partial charge in [0.05, 0.1) is 18.9 Å². The van der Waals surface area contributed by atoms with Crippen LogP contribution in [0.1, 0.15) is 5.69 Å². The summed E-state index contributed by atoms with van der Waals surface area (Å²) in [6.07, 6.45) is 0. The zero-order valence-corrected chi connectivity index (χ0v) is 14.7. The van der Waals surface area contributed by atoms with E-state index in [1.54, 1.807) is 18.2 Å². The molecule has 0 aliphatic heterocycles. The smallest absolute Gasteiger partial charge is 0.323 e. The van der Waals surface area contributed by atoms with Gasteiger partial charge in [-0.2, -0.15) is 0 Å². The Balaban J connectivity index is 1.87. The van der Waals surface area contributed by atoms with Crippen LogP contribution in [0.25, 0.3) is 10.1 Å². The van der Waals surface area contributed by atoms with Gasteiger partial charge in [0.15, 0.2) is 0 Å². The number of aromatic amines is 1. The maximum absolute atomic E-state index is 12.3. The summed E-state index contributed by atoms with van der Waals surface area (Å²) < 4.78 is 11.1. The molecule has 0 fully saturated rings. The van der Waals surface area contributed by atoms with E-state index >= 15 is 0 Å². The van der Waals surface area contributed by atoms with Crippen molar-refractivity contribution in [3.63, 3.8) is 0 Å². The van der Waals surface area contributed by atoms with E-state index in [0.29, 0.717) is 17.2 Å². The number of thiophene rings is 1. The van der Waals surface area contributed by atoms with Crippen LogP contribution >= 0.6 is 11.3 Å². The fourth-order valence-corrected chi connectivity index (χ4v) is 3.42. The number of rotatable bonds is 4. The number of carbonyl (C=O) groups is 1. The molecule has 2 aromatic heterocycles. The maximum atomic E-state index is 12.3. The quantitative estimate of drug-likeness (QED) is 0.664. The molecule has 0 unspecified atom stereocenters. The summed E-state index contributed by atoms with van der Waals surface area (Å²) in [7, 11) is 3.05. The molecule has 25 heavy (non-hydrogen) atoms. The summed E-state index contributed by atoms with van der Waals surface area (Å²) in [5, 5.41) is 8.09. The third kappa shape index (κ3) is 3.43. The molecule has 0 aliphatic carbocycles. The first-order valence-electron chi connectivity index (χ1n) is 7.43. The van der Waals surface area contributed by atoms with Crippen molar-refractivity contribution in [1.82, 2.24) is 4.98 Å². The lowest BCUT2D eigenvalue weighted by atomic mass is 10.2. The number of carbonyl (C=O) groups excluding carboxylic acids is 1. The van der Waals surface area contributed by atoms with Crippen molar-refractivity contribution in [3.8, 4) is 11.5 Å². The molecule has 2 heterocycles. The van der Waals surface area contributed by atoms with Crippen LogP contribution in [0.5, 0.6) is 11.5 Å². The number of methoxy groups -OCH3 is 2. The second-order valence-corrected chi connectivity index (χ2v) is 6.21. The number of benzene rings is 1. The van der Waals surface area contributed by atoms with Crippen molar-refractivity contribution in [2.75, 3.05) is 24.9 Å². The molecular formula is C17H17N3O4S. The van der Waals surface area contributed by atoms with E-state index in [1.165, 1.54) is 25.6 Å². The Labute approximate surface area is 147 Å². The van der Waals surface area contributed by atoms with Crippen LogP contribution in [-0.2, 0) is 0 Å². The molecule has 0 saturated heterocycles. The molecular weight excluding hydrogens is 342 g/mol. The largest absolute Gasteiger partial charge is 0.497 e. The topological polar surface area (TPSA) is 92.5 Å². The molecule has 2 amide bonds. The number of hydrogen-bond donors (Lipinski definition) is 3. The number of pyridine rings is 1. The minimum absolute atomic E-state index is 0.225. The summed E-state index contributed by atoms with van der Waals surface area (Å²) in [6.45, 7) is 1.82. The summed E-state index contributed by atoms with van der Waals surface area (Å²) in [4.78, 5) is 27.3. The lowest BCUT2D eigenvalue weighted by molar-refractivity contribution is 0.262. The average Bonchev–Trinajstić information content (AvgIpc) is 3.08. The van der Waals surface area contributed by atoms with Crippen molar-refractivity contribution in [1.29, 1.82) is 0 Å². The van der Waals surface area contributed by atoms with Crippen molar-refractivity contribution in [2.45, 2.75) is 6.92 Å². The first kappa shape index (κ1) is 16.8. The number of nitrogens with one attached hydrogen (secondary N) is 3. The predicted octanol–water partition coefficient (Wildman–Crippen LogP) is 3.56. The number of anilines is 2. The van der Waals surface area contributed by atoms with Crippen molar-refractivity contribution >= 4 is 38.8 Å². The maximum Gasteiger partial charge on any atom is 0.323 e. The highest BCUT2D eigenvalue weighted by molar-refractivity contribution is 7.17. The number of ether oxygens (including phenoxy) is 2. The minimum Gasteiger partial charge on any atom is -0.497 e. The standard InChI is InChI=1S/C17H17N3O4S/c1-9-13-4-5-25-15(13)14(16(21)18-9)20-17(22)19-10-6-11(23-2)8-12(7-10)24-3/h4-8H,1-3H3,(H,18,21)(H2,19,20,22). The van der Waals surface area contributed by atoms with Gasteiger partial charge in [0.1, 0.15) is 17.2 Å². The normalized spacial score (nSPS) is 10.5. The Morgan fingerprint density at radius 2 is 1.80 bits per heavy atom. The molecule has 0 bridgehead atoms. The summed E-state index contributed by atoms with van der Waals surface area (Å²) in [5.41, 5.74) is 1.14. The van der Waals surface area contributed by atoms with Gasteiger partial charge in [-0.25, -0.2) is 4.79 Å². The molecule has 1 aromatic carbocycles. The fourth-order valence-electron chi connectivity index (χ4n) is 2.47. The second-order valence-electron chi connectivity index (χ2n) is 5.30. The first-order chi connectivity index (χ1) is 12.0. The highest BCUT2D eigenvalue weighted by Gasteiger charge is 2.14. The molecule has 0 saturated carbocycles. The van der Waals surface area contributed by atoms with Crippen LogP contribution in [0.2, 0.25) is 0 Å². The second kappa shape index (κ2) is 6.86. The van der Waals surface area contributed by atoms with Gasteiger partial charge in [-0.3, -0.25) is 4.79 Å². The fraction of sp³-hybridized carbons (Fsp3) is 0.176. The van der Waals surface area contributed by atoms with Gasteiger partial charge in [0, 0.05) is 35.0 Å². The van der Waals surface area contributed by atoms with E-state index in [2.05, 4.69) is 15.6 Å². The minimum atomic E-state index is -0.528. The van der Waals surface area contributed by atoms with Gasteiger partial charge in [0.25, 0.3) is 5.56 Å². The Morgan fingerprint density at radius 1 is 1.12 bits per heavy atom. The predicted molar refractivity (Wildman–Crippen MR) is 99.4 cm³/mol. The van der Waals surface area contributed by atoms with Crippen molar-refractivity contribution < 1.29 is 14.3 Å².